The molecule has 0 bridgehead atoms. The smallest absolute Gasteiger partial charge is 0.346 e. The molecule has 2 aliphatic rings. The van der Waals surface area contributed by atoms with E-state index in [1.807, 2.05) is 0 Å². The van der Waals surface area contributed by atoms with Gasteiger partial charge in [-0.2, -0.15) is 8.78 Å². The van der Waals surface area contributed by atoms with E-state index in [2.05, 4.69) is 5.32 Å². The van der Waals surface area contributed by atoms with Gasteiger partial charge in [-0.3, -0.25) is 19.2 Å². The van der Waals surface area contributed by atoms with E-state index in [-0.39, 0.29) is 36.3 Å². The number of alkyl halides is 2. The van der Waals surface area contributed by atoms with Crippen LogP contribution in [-0.4, -0.2) is 63.1 Å². The van der Waals surface area contributed by atoms with Crippen LogP contribution in [0.25, 0.3) is 0 Å². The zero-order valence-corrected chi connectivity index (χ0v) is 20.2. The second kappa shape index (κ2) is 8.82. The number of fused-ring (bicyclic) bond motifs is 1. The largest absolute Gasteiger partial charge is 0.349 e. The Morgan fingerprint density at radius 3 is 2.46 bits per heavy atom. The maximum Gasteiger partial charge on any atom is 0.349 e. The summed E-state index contributed by atoms with van der Waals surface area (Å²) in [5.74, 6) is -6.28. The van der Waals surface area contributed by atoms with Crippen LogP contribution in [0.2, 0.25) is 10.2 Å². The van der Waals surface area contributed by atoms with E-state index in [4.69, 9.17) is 11.6 Å². The normalized spacial score (nSPS) is 19.6. The molecule has 35 heavy (non-hydrogen) atoms. The van der Waals surface area contributed by atoms with Gasteiger partial charge in [0.1, 0.15) is 21.7 Å². The summed E-state index contributed by atoms with van der Waals surface area (Å²) in [7, 11) is 4.96. The molecule has 2 heterocycles. The number of rotatable bonds is 5. The van der Waals surface area contributed by atoms with Gasteiger partial charge in [-0.15, -0.1) is 0 Å². The van der Waals surface area contributed by atoms with Crippen molar-refractivity contribution < 1.29 is 28.0 Å². The highest BCUT2D eigenvalue weighted by Gasteiger charge is 2.50. The lowest BCUT2D eigenvalue weighted by molar-refractivity contribution is -0.147. The molecule has 178 valence electrons. The third-order valence-electron chi connectivity index (χ3n) is 6.54. The number of benzene rings is 2. The summed E-state index contributed by atoms with van der Waals surface area (Å²) in [5, 5.41) is 1.77. The molecule has 1 atom stereocenters. The quantitative estimate of drug-likeness (QED) is 0.457. The molecule has 0 saturated carbocycles. The number of carbonyl (C=O) groups is 4. The summed E-state index contributed by atoms with van der Waals surface area (Å²) in [6.45, 7) is -0.0344. The van der Waals surface area contributed by atoms with Gasteiger partial charge in [0.15, 0.2) is 0 Å². The Bertz CT molecular complexity index is 1240. The van der Waals surface area contributed by atoms with Crippen LogP contribution in [0, 0.1) is 0 Å². The standard InChI is InChI=1S/C22H21B3ClF2N3O4/c23-21(24)8-16(32)31(25)19(34)17(21)30-10-12-7-11(1-6-15(12)18(30)33)9-29-20(35)22(27,28)13-2-4-14(26)5-3-13/h1-7,17H,8-10,23-25H2,(H,29,35). The molecule has 2 aliphatic heterocycles. The summed E-state index contributed by atoms with van der Waals surface area (Å²) < 4.78 is 29.0. The van der Waals surface area contributed by atoms with Crippen molar-refractivity contribution in [2.24, 2.45) is 0 Å². The van der Waals surface area contributed by atoms with Gasteiger partial charge >= 0.3 is 5.92 Å². The number of piperidine rings is 1. The average Bonchev–Trinajstić information content (AvgIpc) is 3.11. The van der Waals surface area contributed by atoms with Gasteiger partial charge in [-0.05, 0) is 34.5 Å². The molecule has 0 radical (unpaired) electrons. The number of amides is 4. The lowest BCUT2D eigenvalue weighted by Crippen LogP contribution is -2.60. The number of nitrogens with one attached hydrogen (secondary N) is 1. The molecule has 13 heteroatoms. The van der Waals surface area contributed by atoms with E-state index >= 15 is 0 Å². The first kappa shape index (κ1) is 25.0. The molecular formula is C22H21B3ClF2N3O4. The Kier molecular flexibility index (Phi) is 6.29. The van der Waals surface area contributed by atoms with E-state index in [9.17, 15) is 28.0 Å². The molecule has 4 amide bonds. The molecule has 4 rings (SSSR count). The fourth-order valence-corrected chi connectivity index (χ4v) is 4.73. The Labute approximate surface area is 208 Å². The van der Waals surface area contributed by atoms with E-state index in [0.717, 1.165) is 16.9 Å². The van der Waals surface area contributed by atoms with Gasteiger partial charge in [0, 0.05) is 35.7 Å². The molecule has 7 nitrogen and oxygen atoms in total. The Morgan fingerprint density at radius 1 is 1.14 bits per heavy atom. The number of halogens is 3. The lowest BCUT2D eigenvalue weighted by Gasteiger charge is -2.45. The van der Waals surface area contributed by atoms with Gasteiger partial charge in [-0.25, -0.2) is 0 Å². The first-order valence-corrected chi connectivity index (χ1v) is 11.4. The predicted octanol–water partition coefficient (Wildman–Crippen LogP) is -0.238. The first-order chi connectivity index (χ1) is 16.3. The highest BCUT2D eigenvalue weighted by atomic mass is 35.5. The fraction of sp³-hybridized carbons (Fsp3) is 0.273. The van der Waals surface area contributed by atoms with E-state index < -0.39 is 34.6 Å². The maximum absolute atomic E-state index is 14.5. The topological polar surface area (TPSA) is 86.8 Å². The minimum absolute atomic E-state index is 0.124. The number of nitrogens with zero attached hydrogens (tertiary/aromatic N) is 2. The van der Waals surface area contributed by atoms with Gasteiger partial charge in [0.25, 0.3) is 11.8 Å². The zero-order chi connectivity index (χ0) is 25.7. The van der Waals surface area contributed by atoms with Gasteiger partial charge < -0.3 is 15.0 Å². The van der Waals surface area contributed by atoms with Crippen LogP contribution < -0.4 is 5.32 Å². The van der Waals surface area contributed by atoms with Crippen molar-refractivity contribution in [3.05, 3.63) is 69.7 Å². The molecule has 1 unspecified atom stereocenters. The molecule has 1 N–H and O–H groups in total. The van der Waals surface area contributed by atoms with Crippen LogP contribution >= 0.6 is 11.6 Å². The highest BCUT2D eigenvalue weighted by molar-refractivity contribution is 6.45. The van der Waals surface area contributed by atoms with Crippen LogP contribution in [-0.2, 0) is 33.4 Å². The minimum atomic E-state index is -3.75. The van der Waals surface area contributed by atoms with E-state index in [1.54, 1.807) is 33.9 Å². The van der Waals surface area contributed by atoms with Crippen molar-refractivity contribution >= 4 is 58.9 Å². The summed E-state index contributed by atoms with van der Waals surface area (Å²) >= 11 is 5.73. The van der Waals surface area contributed by atoms with Crippen molar-refractivity contribution in [2.75, 3.05) is 0 Å². The van der Waals surface area contributed by atoms with E-state index in [1.165, 1.54) is 25.0 Å². The molecule has 2 aromatic rings. The first-order valence-electron chi connectivity index (χ1n) is 11.0. The van der Waals surface area contributed by atoms with Crippen molar-refractivity contribution in [3.8, 4) is 0 Å². The SMILES string of the molecule is BN1C(=O)CC(B)(B)C(N2Cc3cc(CNC(=O)C(F)(F)c4ccc(Cl)cc4)ccc3C2=O)C1=O. The Balaban J connectivity index is 1.48. The van der Waals surface area contributed by atoms with Crippen LogP contribution in [0.15, 0.2) is 42.5 Å². The van der Waals surface area contributed by atoms with Crippen molar-refractivity contribution in [1.29, 1.82) is 0 Å². The zero-order valence-electron chi connectivity index (χ0n) is 19.4. The van der Waals surface area contributed by atoms with Crippen molar-refractivity contribution in [1.82, 2.24) is 15.0 Å². The monoisotopic (exact) mass is 497 g/mol. The highest BCUT2D eigenvalue weighted by Crippen LogP contribution is 2.40. The molecule has 1 saturated heterocycles. The number of imide groups is 1. The van der Waals surface area contributed by atoms with Gasteiger partial charge in [-0.1, -0.05) is 35.9 Å². The summed E-state index contributed by atoms with van der Waals surface area (Å²) in [4.78, 5) is 52.8. The Hall–Kier alpha value is -3.14. The van der Waals surface area contributed by atoms with Crippen molar-refractivity contribution in [2.45, 2.75) is 36.7 Å². The summed E-state index contributed by atoms with van der Waals surface area (Å²) in [6, 6.07) is 8.74. The van der Waals surface area contributed by atoms with Crippen molar-refractivity contribution in [3.63, 3.8) is 0 Å². The van der Waals surface area contributed by atoms with Gasteiger partial charge in [0.05, 0.1) is 0 Å². The number of hydrogen-bond acceptors (Lipinski definition) is 4. The second-order valence-corrected chi connectivity index (χ2v) is 9.98. The molecule has 0 aromatic heterocycles. The molecule has 0 aliphatic carbocycles. The van der Waals surface area contributed by atoms with Crippen LogP contribution in [0.5, 0.6) is 0 Å². The third-order valence-corrected chi connectivity index (χ3v) is 6.80. The van der Waals surface area contributed by atoms with Crippen LogP contribution in [0.4, 0.5) is 8.78 Å². The lowest BCUT2D eigenvalue weighted by atomic mass is 9.47. The molecular weight excluding hydrogens is 476 g/mol. The van der Waals surface area contributed by atoms with Crippen LogP contribution in [0.3, 0.4) is 0 Å². The van der Waals surface area contributed by atoms with E-state index in [0.29, 0.717) is 16.7 Å². The van der Waals surface area contributed by atoms with Gasteiger partial charge in [0.2, 0.25) is 19.8 Å². The number of carbonyl (C=O) groups excluding carboxylic acids is 4. The molecule has 2 aromatic carbocycles. The number of hydrogen-bond donors (Lipinski definition) is 1. The summed E-state index contributed by atoms with van der Waals surface area (Å²) in [6.07, 6.45) is 0.124. The Morgan fingerprint density at radius 2 is 1.80 bits per heavy atom. The predicted molar refractivity (Wildman–Crippen MR) is 132 cm³/mol. The maximum atomic E-state index is 14.5. The minimum Gasteiger partial charge on any atom is -0.346 e. The third kappa shape index (κ3) is 4.47. The fourth-order valence-electron chi connectivity index (χ4n) is 4.60. The van der Waals surface area contributed by atoms with Crippen LogP contribution in [0.1, 0.15) is 33.5 Å². The average molecular weight is 497 g/mol. The molecule has 1 fully saturated rings. The molecule has 0 spiro atoms. The second-order valence-electron chi connectivity index (χ2n) is 9.55. The summed E-state index contributed by atoms with van der Waals surface area (Å²) in [5.41, 5.74) is 1.07.